The Morgan fingerprint density at radius 1 is 0.623 bits per heavy atom. The molecule has 0 spiro atoms. The monoisotopic (exact) mass is 880 g/mol. The number of halogens is 3. The van der Waals surface area contributed by atoms with Gasteiger partial charge in [-0.1, -0.05) is 48.5 Å². The van der Waals surface area contributed by atoms with Crippen LogP contribution in [0.15, 0.2) is 127 Å². The number of fused-ring (bicyclic) bond motifs is 4. The molecular formula is C44H35BrF2N12O2. The summed E-state index contributed by atoms with van der Waals surface area (Å²) in [5, 5.41) is 5.21. The normalized spacial score (nSPS) is 10.9. The van der Waals surface area contributed by atoms with Gasteiger partial charge < -0.3 is 30.5 Å². The quantitative estimate of drug-likeness (QED) is 0.106. The average molecular weight is 882 g/mol. The third kappa shape index (κ3) is 8.78. The summed E-state index contributed by atoms with van der Waals surface area (Å²) >= 11 is 3.25. The minimum Gasteiger partial charge on any atom is -0.494 e. The van der Waals surface area contributed by atoms with E-state index < -0.39 is 0 Å². The third-order valence-electron chi connectivity index (χ3n) is 9.48. The standard InChI is InChI=1S/C22H17FN6O.C17H15FN2O.C5H3BrN4/c1-30-17-7-3-5-13-8-15(10-24-21-20-22(26-11-25-20)28-12-27-21)18(29-19(13)17)14-4-2-6-16(23)9-14;1-21-15-7-3-5-11-8-13(10-19)16(20-17(11)15)12-4-2-6-14(18)9-12;6-4-3-5(9-1-7-3)10-2-8-4/h2-9,11-12H,10H2,1H3,(H2,24,25,26,27,28);2-9H,10,19H2,1H3;1-2H,(H,7,8,9,10). The number of hydrogen-bond acceptors (Lipinski definition) is 12. The molecule has 0 bridgehead atoms. The van der Waals surface area contributed by atoms with E-state index in [9.17, 15) is 8.78 Å². The van der Waals surface area contributed by atoms with Crippen LogP contribution in [-0.2, 0) is 13.1 Å². The van der Waals surface area contributed by atoms with E-state index in [0.717, 1.165) is 48.6 Å². The van der Waals surface area contributed by atoms with Gasteiger partial charge in [0.1, 0.15) is 62.5 Å². The number of nitrogens with one attached hydrogen (secondary N) is 3. The molecule has 0 saturated heterocycles. The maximum absolute atomic E-state index is 13.9. The first-order chi connectivity index (χ1) is 29.8. The van der Waals surface area contributed by atoms with Gasteiger partial charge in [0.2, 0.25) is 0 Å². The number of nitrogens with zero attached hydrogens (tertiary/aromatic N) is 8. The van der Waals surface area contributed by atoms with Crippen molar-refractivity contribution in [1.29, 1.82) is 0 Å². The predicted octanol–water partition coefficient (Wildman–Crippen LogP) is 8.95. The fourth-order valence-electron chi connectivity index (χ4n) is 6.64. The number of rotatable bonds is 8. The Kier molecular flexibility index (Phi) is 12.0. The van der Waals surface area contributed by atoms with Crippen molar-refractivity contribution in [3.63, 3.8) is 0 Å². The van der Waals surface area contributed by atoms with Crippen LogP contribution >= 0.6 is 15.9 Å². The number of para-hydroxylation sites is 2. The first kappa shape index (κ1) is 40.3. The third-order valence-corrected chi connectivity index (χ3v) is 10.1. The van der Waals surface area contributed by atoms with Crippen LogP contribution in [0.5, 0.6) is 11.5 Å². The number of nitrogens with two attached hydrogens (primary N) is 1. The molecule has 14 nitrogen and oxygen atoms in total. The van der Waals surface area contributed by atoms with E-state index >= 15 is 0 Å². The number of methoxy groups -OCH3 is 2. The molecule has 0 aliphatic rings. The van der Waals surface area contributed by atoms with Gasteiger partial charge in [0.25, 0.3) is 0 Å². The highest BCUT2D eigenvalue weighted by Gasteiger charge is 2.15. The Morgan fingerprint density at radius 2 is 1.15 bits per heavy atom. The van der Waals surface area contributed by atoms with E-state index in [2.05, 4.69) is 66.1 Å². The van der Waals surface area contributed by atoms with Crippen molar-refractivity contribution >= 4 is 65.9 Å². The summed E-state index contributed by atoms with van der Waals surface area (Å²) in [5.74, 6) is 1.38. The molecule has 0 amide bonds. The Hall–Kier alpha value is -7.50. The van der Waals surface area contributed by atoms with Gasteiger partial charge in [-0.2, -0.15) is 0 Å². The number of ether oxygens (including phenoxy) is 2. The fraction of sp³-hybridized carbons (Fsp3) is 0.0909. The zero-order valence-corrected chi connectivity index (χ0v) is 34.2. The lowest BCUT2D eigenvalue weighted by Gasteiger charge is -2.14. The molecule has 0 radical (unpaired) electrons. The molecule has 0 aliphatic heterocycles. The van der Waals surface area contributed by atoms with Gasteiger partial charge in [-0.05, 0) is 75.6 Å². The molecule has 0 fully saturated rings. The number of benzene rings is 4. The number of pyridine rings is 2. The number of imidazole rings is 2. The summed E-state index contributed by atoms with van der Waals surface area (Å²) in [6.45, 7) is 0.767. The van der Waals surface area contributed by atoms with E-state index in [1.165, 1.54) is 36.9 Å². The second-order valence-electron chi connectivity index (χ2n) is 13.2. The van der Waals surface area contributed by atoms with Gasteiger partial charge in [-0.25, -0.2) is 48.7 Å². The summed E-state index contributed by atoms with van der Waals surface area (Å²) in [5.41, 5.74) is 14.7. The van der Waals surface area contributed by atoms with Gasteiger partial charge in [0.15, 0.2) is 17.1 Å². The van der Waals surface area contributed by atoms with E-state index in [0.29, 0.717) is 64.2 Å². The van der Waals surface area contributed by atoms with Crippen LogP contribution in [0.4, 0.5) is 14.6 Å². The number of aromatic amines is 2. The van der Waals surface area contributed by atoms with Gasteiger partial charge in [-0.15, -0.1) is 0 Å². The summed E-state index contributed by atoms with van der Waals surface area (Å²) in [6.07, 6.45) is 6.09. The smallest absolute Gasteiger partial charge is 0.182 e. The lowest BCUT2D eigenvalue weighted by Crippen LogP contribution is -2.06. The van der Waals surface area contributed by atoms with Crippen LogP contribution in [0.25, 0.3) is 66.6 Å². The highest BCUT2D eigenvalue weighted by molar-refractivity contribution is 9.10. The predicted molar refractivity (Wildman–Crippen MR) is 234 cm³/mol. The molecule has 304 valence electrons. The number of anilines is 1. The summed E-state index contributed by atoms with van der Waals surface area (Å²) in [4.78, 5) is 39.8. The number of H-pyrrole nitrogens is 2. The Bertz CT molecular complexity index is 3140. The zero-order chi connectivity index (χ0) is 42.3. The molecular weight excluding hydrogens is 846 g/mol. The van der Waals surface area contributed by atoms with Crippen molar-refractivity contribution in [2.75, 3.05) is 19.5 Å². The van der Waals surface area contributed by atoms with E-state index in [1.54, 1.807) is 39.0 Å². The van der Waals surface area contributed by atoms with Crippen molar-refractivity contribution in [2.24, 2.45) is 5.73 Å². The SMILES string of the molecule is Brc1ncnc2nc[nH]c12.COc1cccc2cc(CN)c(-c3cccc(F)c3)nc12.COc1cccc2cc(CNc3ncnc4nc[nH]c34)c(-c3cccc(F)c3)nc12. The zero-order valence-electron chi connectivity index (χ0n) is 32.6. The second-order valence-corrected chi connectivity index (χ2v) is 14.0. The van der Waals surface area contributed by atoms with Gasteiger partial charge >= 0.3 is 0 Å². The fourth-order valence-corrected chi connectivity index (χ4v) is 7.02. The van der Waals surface area contributed by atoms with E-state index in [1.807, 2.05) is 60.7 Å². The molecule has 5 N–H and O–H groups in total. The molecule has 4 aromatic carbocycles. The minimum atomic E-state index is -0.316. The maximum Gasteiger partial charge on any atom is 0.182 e. The van der Waals surface area contributed by atoms with Gasteiger partial charge in [0.05, 0.1) is 38.3 Å². The van der Waals surface area contributed by atoms with E-state index in [-0.39, 0.29) is 11.6 Å². The largest absolute Gasteiger partial charge is 0.494 e. The molecule has 17 heteroatoms. The van der Waals surface area contributed by atoms with Crippen LogP contribution < -0.4 is 20.5 Å². The summed E-state index contributed by atoms with van der Waals surface area (Å²) in [7, 11) is 3.22. The summed E-state index contributed by atoms with van der Waals surface area (Å²) in [6, 6.07) is 28.2. The minimum absolute atomic E-state index is 0.294. The van der Waals surface area contributed by atoms with Gasteiger partial charge in [0, 0.05) is 35.0 Å². The molecule has 0 atom stereocenters. The van der Waals surface area contributed by atoms with Crippen molar-refractivity contribution in [3.8, 4) is 34.0 Å². The van der Waals surface area contributed by atoms with Crippen molar-refractivity contribution in [3.05, 3.63) is 150 Å². The lowest BCUT2D eigenvalue weighted by molar-refractivity contribution is 0.419. The molecule has 10 rings (SSSR count). The highest BCUT2D eigenvalue weighted by Crippen LogP contribution is 2.33. The van der Waals surface area contributed by atoms with Crippen molar-refractivity contribution < 1.29 is 18.3 Å². The second kappa shape index (κ2) is 18.2. The van der Waals surface area contributed by atoms with E-state index in [4.69, 9.17) is 20.2 Å². The van der Waals surface area contributed by atoms with Crippen LogP contribution in [0.2, 0.25) is 0 Å². The highest BCUT2D eigenvalue weighted by atomic mass is 79.9. The average Bonchev–Trinajstić information content (AvgIpc) is 3.99. The molecule has 0 unspecified atom stereocenters. The Morgan fingerprint density at radius 3 is 1.70 bits per heavy atom. The summed E-state index contributed by atoms with van der Waals surface area (Å²) < 4.78 is 39.0. The molecule has 6 heterocycles. The van der Waals surface area contributed by atoms with Crippen LogP contribution in [0.1, 0.15) is 11.1 Å². The van der Waals surface area contributed by atoms with Crippen LogP contribution in [0, 0.1) is 11.6 Å². The Labute approximate surface area is 354 Å². The molecule has 0 aliphatic carbocycles. The Balaban J connectivity index is 0.000000143. The topological polar surface area (TPSA) is 191 Å². The van der Waals surface area contributed by atoms with Crippen LogP contribution in [0.3, 0.4) is 0 Å². The number of aromatic nitrogens is 10. The maximum atomic E-state index is 13.9. The molecule has 6 aromatic heterocycles. The van der Waals surface area contributed by atoms with Crippen molar-refractivity contribution in [2.45, 2.75) is 13.1 Å². The van der Waals surface area contributed by atoms with Crippen LogP contribution in [-0.4, -0.2) is 64.1 Å². The van der Waals surface area contributed by atoms with Crippen molar-refractivity contribution in [1.82, 2.24) is 49.8 Å². The molecule has 0 saturated carbocycles. The molecule has 10 aromatic rings. The molecule has 61 heavy (non-hydrogen) atoms. The first-order valence-electron chi connectivity index (χ1n) is 18.7. The van der Waals surface area contributed by atoms with Gasteiger partial charge in [-0.3, -0.25) is 0 Å². The first-order valence-corrected chi connectivity index (χ1v) is 19.5. The number of hydrogen-bond donors (Lipinski definition) is 4. The lowest BCUT2D eigenvalue weighted by atomic mass is 10.0.